The van der Waals surface area contributed by atoms with Crippen molar-refractivity contribution in [3.8, 4) is 0 Å². The van der Waals surface area contributed by atoms with Gasteiger partial charge in [0, 0.05) is 30.9 Å². The van der Waals surface area contributed by atoms with Crippen LogP contribution in [0.25, 0.3) is 11.0 Å². The number of anilines is 1. The first kappa shape index (κ1) is 20.6. The van der Waals surface area contributed by atoms with Crippen molar-refractivity contribution >= 4 is 44.2 Å². The van der Waals surface area contributed by atoms with E-state index in [2.05, 4.69) is 0 Å². The van der Waals surface area contributed by atoms with E-state index in [-0.39, 0.29) is 26.6 Å². The minimum Gasteiger partial charge on any atom is -0.451 e. The largest absolute Gasteiger partial charge is 0.451 e. The minimum atomic E-state index is -4.36. The van der Waals surface area contributed by atoms with E-state index in [0.29, 0.717) is 11.3 Å². The van der Waals surface area contributed by atoms with Crippen LogP contribution in [-0.4, -0.2) is 32.5 Å². The van der Waals surface area contributed by atoms with Crippen molar-refractivity contribution in [2.24, 2.45) is 0 Å². The van der Waals surface area contributed by atoms with Crippen LogP contribution >= 0.6 is 11.6 Å². The summed E-state index contributed by atoms with van der Waals surface area (Å²) in [5.41, 5.74) is 1.10. The molecule has 30 heavy (non-hydrogen) atoms. The molecule has 0 saturated carbocycles. The number of aliphatic hydroxyl groups excluding tert-OH is 1. The number of hydrogen-bond donors (Lipinski definition) is 2. The molecule has 7 nitrogen and oxygen atoms in total. The molecular weight excluding hydrogens is 435 g/mol. The number of nitrogens with one attached hydrogen (secondary N) is 1. The van der Waals surface area contributed by atoms with Gasteiger partial charge in [-0.2, -0.15) is 0 Å². The number of sulfonamides is 1. The van der Waals surface area contributed by atoms with Gasteiger partial charge in [0.25, 0.3) is 10.0 Å². The molecule has 1 aliphatic heterocycles. The summed E-state index contributed by atoms with van der Waals surface area (Å²) >= 11 is 5.98. The molecule has 2 heterocycles. The van der Waals surface area contributed by atoms with Gasteiger partial charge >= 0.3 is 5.91 Å². The molecule has 1 unspecified atom stereocenters. The third kappa shape index (κ3) is 3.76. The quantitative estimate of drug-likeness (QED) is 0.613. The van der Waals surface area contributed by atoms with Gasteiger partial charge in [0.15, 0.2) is 5.76 Å². The Morgan fingerprint density at radius 1 is 1.27 bits per heavy atom. The standard InChI is InChI=1S/C20H18ClFN2O5S/c1-11(25)12-3-4-15(21)19(7-12)30(27,28)23-20(26)18-10-14-16(22)8-13(9-17(14)29-18)24-5-2-6-24/h3-4,7-11,25H,2,5-6H2,1H3,(H,23,26). The van der Waals surface area contributed by atoms with Crippen LogP contribution in [-0.2, 0) is 10.0 Å². The number of carbonyl (C=O) groups excluding carboxylic acids is 1. The molecule has 0 spiro atoms. The maximum absolute atomic E-state index is 14.4. The molecule has 1 amide bonds. The molecule has 1 fully saturated rings. The Kier molecular flexibility index (Phi) is 5.21. The Morgan fingerprint density at radius 3 is 2.63 bits per heavy atom. The van der Waals surface area contributed by atoms with Crippen LogP contribution in [0.3, 0.4) is 0 Å². The van der Waals surface area contributed by atoms with E-state index in [1.807, 2.05) is 9.62 Å². The molecule has 1 atom stereocenters. The zero-order valence-electron chi connectivity index (χ0n) is 15.9. The molecule has 0 bridgehead atoms. The van der Waals surface area contributed by atoms with Crippen LogP contribution in [0.2, 0.25) is 5.02 Å². The first-order chi connectivity index (χ1) is 14.2. The zero-order chi connectivity index (χ0) is 21.6. The average molecular weight is 453 g/mol. The number of rotatable bonds is 5. The van der Waals surface area contributed by atoms with E-state index < -0.39 is 27.9 Å². The van der Waals surface area contributed by atoms with Crippen LogP contribution in [0.1, 0.15) is 35.6 Å². The Hall–Kier alpha value is -2.62. The number of aliphatic hydroxyl groups is 1. The molecule has 10 heteroatoms. The lowest BCUT2D eigenvalue weighted by Gasteiger charge is -2.33. The molecule has 0 aliphatic carbocycles. The fraction of sp³-hybridized carbons (Fsp3) is 0.250. The van der Waals surface area contributed by atoms with Gasteiger partial charge in [-0.25, -0.2) is 17.5 Å². The van der Waals surface area contributed by atoms with Crippen LogP contribution in [0, 0.1) is 5.82 Å². The third-order valence-electron chi connectivity index (χ3n) is 4.97. The monoisotopic (exact) mass is 452 g/mol. The van der Waals surface area contributed by atoms with Gasteiger partial charge in [-0.15, -0.1) is 0 Å². The minimum absolute atomic E-state index is 0.0796. The van der Waals surface area contributed by atoms with Gasteiger partial charge in [0.2, 0.25) is 0 Å². The fourth-order valence-corrected chi connectivity index (χ4v) is 4.66. The molecule has 2 aromatic carbocycles. The Morgan fingerprint density at radius 2 is 2.00 bits per heavy atom. The number of nitrogens with zero attached hydrogens (tertiary/aromatic N) is 1. The van der Waals surface area contributed by atoms with E-state index in [1.165, 1.54) is 31.2 Å². The highest BCUT2D eigenvalue weighted by Crippen LogP contribution is 2.31. The zero-order valence-corrected chi connectivity index (χ0v) is 17.4. The summed E-state index contributed by atoms with van der Waals surface area (Å²) in [4.78, 5) is 14.1. The van der Waals surface area contributed by atoms with Crippen molar-refractivity contribution < 1.29 is 27.1 Å². The highest BCUT2D eigenvalue weighted by Gasteiger charge is 2.26. The fourth-order valence-electron chi connectivity index (χ4n) is 3.16. The van der Waals surface area contributed by atoms with Gasteiger partial charge in [0.1, 0.15) is 16.3 Å². The highest BCUT2D eigenvalue weighted by molar-refractivity contribution is 7.90. The van der Waals surface area contributed by atoms with Gasteiger partial charge in [-0.05, 0) is 37.1 Å². The summed E-state index contributed by atoms with van der Waals surface area (Å²) in [6.07, 6.45) is 0.0909. The number of furan rings is 1. The van der Waals surface area contributed by atoms with E-state index >= 15 is 0 Å². The molecule has 158 valence electrons. The van der Waals surface area contributed by atoms with E-state index in [9.17, 15) is 22.7 Å². The second-order valence-corrected chi connectivity index (χ2v) is 9.15. The van der Waals surface area contributed by atoms with Crippen LogP contribution in [0.5, 0.6) is 0 Å². The van der Waals surface area contributed by atoms with E-state index in [4.69, 9.17) is 16.0 Å². The number of benzene rings is 2. The Labute approximate surface area is 177 Å². The number of halogens is 2. The summed E-state index contributed by atoms with van der Waals surface area (Å²) in [5, 5.41) is 9.64. The highest BCUT2D eigenvalue weighted by atomic mass is 35.5. The lowest BCUT2D eigenvalue weighted by molar-refractivity contribution is 0.0956. The maximum atomic E-state index is 14.4. The van der Waals surface area contributed by atoms with Crippen molar-refractivity contribution in [2.45, 2.75) is 24.3 Å². The summed E-state index contributed by atoms with van der Waals surface area (Å²) in [5.74, 6) is -1.97. The van der Waals surface area contributed by atoms with Gasteiger partial charge in [-0.1, -0.05) is 17.7 Å². The Balaban J connectivity index is 1.64. The van der Waals surface area contributed by atoms with Crippen molar-refractivity contribution in [3.05, 3.63) is 58.6 Å². The lowest BCUT2D eigenvalue weighted by Crippen LogP contribution is -2.36. The Bertz CT molecular complexity index is 1250. The maximum Gasteiger partial charge on any atom is 0.300 e. The molecule has 1 aromatic heterocycles. The molecule has 2 N–H and O–H groups in total. The molecule has 3 aromatic rings. The van der Waals surface area contributed by atoms with Crippen molar-refractivity contribution in [1.82, 2.24) is 4.72 Å². The number of fused-ring (bicyclic) bond motifs is 1. The van der Waals surface area contributed by atoms with Crippen LogP contribution < -0.4 is 9.62 Å². The molecule has 4 rings (SSSR count). The number of amides is 1. The van der Waals surface area contributed by atoms with Crippen molar-refractivity contribution in [3.63, 3.8) is 0 Å². The predicted molar refractivity (Wildman–Crippen MR) is 110 cm³/mol. The second-order valence-electron chi connectivity index (χ2n) is 7.09. The molecule has 1 saturated heterocycles. The van der Waals surface area contributed by atoms with Crippen molar-refractivity contribution in [2.75, 3.05) is 18.0 Å². The SMILES string of the molecule is CC(O)c1ccc(Cl)c(S(=O)(=O)NC(=O)c2cc3c(F)cc(N4CCC4)cc3o2)c1. The first-order valence-electron chi connectivity index (χ1n) is 9.18. The van der Waals surface area contributed by atoms with Gasteiger partial charge < -0.3 is 14.4 Å². The smallest absolute Gasteiger partial charge is 0.300 e. The van der Waals surface area contributed by atoms with Crippen LogP contribution in [0.15, 0.2) is 45.7 Å². The summed E-state index contributed by atoms with van der Waals surface area (Å²) in [6.45, 7) is 3.09. The number of carbonyl (C=O) groups is 1. The summed E-state index contributed by atoms with van der Waals surface area (Å²) < 4.78 is 47.1. The lowest BCUT2D eigenvalue weighted by atomic mass is 10.1. The van der Waals surface area contributed by atoms with E-state index in [1.54, 1.807) is 6.07 Å². The van der Waals surface area contributed by atoms with Gasteiger partial charge in [-0.3, -0.25) is 4.79 Å². The van der Waals surface area contributed by atoms with Crippen molar-refractivity contribution in [1.29, 1.82) is 0 Å². The van der Waals surface area contributed by atoms with Crippen LogP contribution in [0.4, 0.5) is 10.1 Å². The summed E-state index contributed by atoms with van der Waals surface area (Å²) in [7, 11) is -4.36. The first-order valence-corrected chi connectivity index (χ1v) is 11.0. The number of hydrogen-bond acceptors (Lipinski definition) is 6. The third-order valence-corrected chi connectivity index (χ3v) is 6.78. The predicted octanol–water partition coefficient (Wildman–Crippen LogP) is 3.61. The summed E-state index contributed by atoms with van der Waals surface area (Å²) in [6, 6.07) is 8.11. The van der Waals surface area contributed by atoms with Gasteiger partial charge in [0.05, 0.1) is 16.5 Å². The van der Waals surface area contributed by atoms with E-state index in [0.717, 1.165) is 25.6 Å². The second kappa shape index (κ2) is 7.57. The average Bonchev–Trinajstić information content (AvgIpc) is 3.05. The molecule has 0 radical (unpaired) electrons. The molecular formula is C20H18ClFN2O5S. The molecule has 1 aliphatic rings. The topological polar surface area (TPSA) is 99.8 Å². The normalized spacial score (nSPS) is 15.1.